The second-order valence-corrected chi connectivity index (χ2v) is 3.86. The predicted octanol–water partition coefficient (Wildman–Crippen LogP) is 1.63. The molecule has 0 aliphatic heterocycles. The van der Waals surface area contributed by atoms with Gasteiger partial charge in [0.25, 0.3) is 0 Å². The van der Waals surface area contributed by atoms with Crippen LogP contribution in [0, 0.1) is 5.92 Å². The lowest BCUT2D eigenvalue weighted by Gasteiger charge is -2.33. The highest BCUT2D eigenvalue weighted by Gasteiger charge is 2.33. The van der Waals surface area contributed by atoms with Crippen LogP contribution in [-0.4, -0.2) is 23.7 Å². The van der Waals surface area contributed by atoms with E-state index in [9.17, 15) is 4.79 Å². The Bertz CT molecular complexity index is 164. The fourth-order valence-electron chi connectivity index (χ4n) is 1.67. The predicted molar refractivity (Wildman–Crippen MR) is 51.7 cm³/mol. The van der Waals surface area contributed by atoms with E-state index in [-0.39, 0.29) is 5.92 Å². The van der Waals surface area contributed by atoms with Crippen LogP contribution in [0.2, 0.25) is 0 Å². The van der Waals surface area contributed by atoms with Crippen molar-refractivity contribution in [2.45, 2.75) is 45.1 Å². The molecule has 0 saturated heterocycles. The number of hydrogen-bond acceptors (Lipinski definition) is 2. The van der Waals surface area contributed by atoms with Crippen LogP contribution in [0.15, 0.2) is 0 Å². The van der Waals surface area contributed by atoms with E-state index in [1.807, 2.05) is 0 Å². The van der Waals surface area contributed by atoms with Crippen molar-refractivity contribution in [2.24, 2.45) is 5.92 Å². The van der Waals surface area contributed by atoms with Gasteiger partial charge in [-0.15, -0.1) is 0 Å². The molecule has 0 bridgehead atoms. The number of carbonyl (C=O) groups is 1. The van der Waals surface area contributed by atoms with Gasteiger partial charge in [0.2, 0.25) is 0 Å². The van der Waals surface area contributed by atoms with Crippen molar-refractivity contribution in [3.63, 3.8) is 0 Å². The number of carboxylic acid groups (broad SMARTS) is 1. The summed E-state index contributed by atoms with van der Waals surface area (Å²) >= 11 is 0. The smallest absolute Gasteiger partial charge is 0.306 e. The molecule has 3 heteroatoms. The Labute approximate surface area is 79.5 Å². The first-order chi connectivity index (χ1) is 6.24. The summed E-state index contributed by atoms with van der Waals surface area (Å²) in [6, 6.07) is 0.470. The van der Waals surface area contributed by atoms with Crippen molar-refractivity contribution in [3.8, 4) is 0 Å². The van der Waals surface area contributed by atoms with Gasteiger partial charge in [-0.3, -0.25) is 4.79 Å². The quantitative estimate of drug-likeness (QED) is 0.618. The molecule has 1 saturated carbocycles. The second-order valence-electron chi connectivity index (χ2n) is 3.86. The fourth-order valence-corrected chi connectivity index (χ4v) is 1.67. The lowest BCUT2D eigenvalue weighted by molar-refractivity contribution is -0.145. The molecule has 3 nitrogen and oxygen atoms in total. The number of carboxylic acids is 1. The van der Waals surface area contributed by atoms with Gasteiger partial charge in [-0.05, 0) is 25.8 Å². The van der Waals surface area contributed by atoms with Crippen LogP contribution in [0.25, 0.3) is 0 Å². The van der Waals surface area contributed by atoms with Crippen molar-refractivity contribution < 1.29 is 9.90 Å². The molecule has 1 aliphatic rings. The Kier molecular flexibility index (Phi) is 4.22. The Morgan fingerprint density at radius 3 is 2.69 bits per heavy atom. The zero-order valence-electron chi connectivity index (χ0n) is 8.25. The number of aliphatic carboxylic acids is 1. The van der Waals surface area contributed by atoms with Gasteiger partial charge in [0.1, 0.15) is 0 Å². The SMILES string of the molecule is CCCCCNC1CC(C(=O)O)C1. The first-order valence-corrected chi connectivity index (χ1v) is 5.20. The van der Waals surface area contributed by atoms with Crippen molar-refractivity contribution in [1.29, 1.82) is 0 Å². The summed E-state index contributed by atoms with van der Waals surface area (Å²) in [7, 11) is 0. The van der Waals surface area contributed by atoms with E-state index in [0.717, 1.165) is 19.4 Å². The Morgan fingerprint density at radius 1 is 1.46 bits per heavy atom. The summed E-state index contributed by atoms with van der Waals surface area (Å²) in [6.45, 7) is 3.23. The molecule has 0 heterocycles. The molecule has 0 atom stereocenters. The number of unbranched alkanes of at least 4 members (excludes halogenated alkanes) is 2. The Hall–Kier alpha value is -0.570. The third kappa shape index (κ3) is 3.35. The molecule has 2 N–H and O–H groups in total. The largest absolute Gasteiger partial charge is 0.481 e. The first kappa shape index (κ1) is 10.5. The van der Waals surface area contributed by atoms with E-state index in [1.54, 1.807) is 0 Å². The van der Waals surface area contributed by atoms with E-state index in [0.29, 0.717) is 6.04 Å². The highest BCUT2D eigenvalue weighted by molar-refractivity contribution is 5.71. The van der Waals surface area contributed by atoms with E-state index >= 15 is 0 Å². The summed E-state index contributed by atoms with van der Waals surface area (Å²) in [5, 5.41) is 12.0. The minimum absolute atomic E-state index is 0.0799. The first-order valence-electron chi connectivity index (χ1n) is 5.20. The summed E-state index contributed by atoms with van der Waals surface area (Å²) in [5.74, 6) is -0.713. The van der Waals surface area contributed by atoms with Crippen molar-refractivity contribution in [2.75, 3.05) is 6.54 Å². The zero-order chi connectivity index (χ0) is 9.68. The number of hydrogen-bond donors (Lipinski definition) is 2. The number of rotatable bonds is 6. The van der Waals surface area contributed by atoms with E-state index < -0.39 is 5.97 Å². The fraction of sp³-hybridized carbons (Fsp3) is 0.900. The topological polar surface area (TPSA) is 49.3 Å². The molecule has 0 aromatic heterocycles. The second kappa shape index (κ2) is 5.22. The molecule has 1 aliphatic carbocycles. The normalized spacial score (nSPS) is 26.8. The molecule has 0 amide bonds. The van der Waals surface area contributed by atoms with Crippen LogP contribution >= 0.6 is 0 Å². The molecule has 0 spiro atoms. The van der Waals surface area contributed by atoms with Crippen LogP contribution in [-0.2, 0) is 4.79 Å². The van der Waals surface area contributed by atoms with Gasteiger partial charge in [-0.25, -0.2) is 0 Å². The maximum absolute atomic E-state index is 10.5. The van der Waals surface area contributed by atoms with E-state index in [1.165, 1.54) is 19.3 Å². The Morgan fingerprint density at radius 2 is 2.15 bits per heavy atom. The Balaban J connectivity index is 1.93. The van der Waals surface area contributed by atoms with Crippen molar-refractivity contribution >= 4 is 5.97 Å². The van der Waals surface area contributed by atoms with Gasteiger partial charge in [-0.1, -0.05) is 19.8 Å². The van der Waals surface area contributed by atoms with Crippen molar-refractivity contribution in [1.82, 2.24) is 5.32 Å². The third-order valence-corrected chi connectivity index (χ3v) is 2.70. The molecule has 76 valence electrons. The van der Waals surface area contributed by atoms with Crippen LogP contribution in [0.1, 0.15) is 39.0 Å². The highest BCUT2D eigenvalue weighted by atomic mass is 16.4. The van der Waals surface area contributed by atoms with Gasteiger partial charge in [0.05, 0.1) is 5.92 Å². The van der Waals surface area contributed by atoms with Crippen LogP contribution in [0.3, 0.4) is 0 Å². The minimum atomic E-state index is -0.633. The average molecular weight is 185 g/mol. The van der Waals surface area contributed by atoms with Gasteiger partial charge >= 0.3 is 5.97 Å². The lowest BCUT2D eigenvalue weighted by atomic mass is 9.80. The molecule has 13 heavy (non-hydrogen) atoms. The maximum Gasteiger partial charge on any atom is 0.306 e. The molecule has 1 rings (SSSR count). The standard InChI is InChI=1S/C10H19NO2/c1-2-3-4-5-11-9-6-8(7-9)10(12)13/h8-9,11H,2-7H2,1H3,(H,12,13). The monoisotopic (exact) mass is 185 g/mol. The van der Waals surface area contributed by atoms with Crippen LogP contribution < -0.4 is 5.32 Å². The highest BCUT2D eigenvalue weighted by Crippen LogP contribution is 2.27. The maximum atomic E-state index is 10.5. The molecule has 0 unspecified atom stereocenters. The van der Waals surface area contributed by atoms with Crippen molar-refractivity contribution in [3.05, 3.63) is 0 Å². The number of nitrogens with one attached hydrogen (secondary N) is 1. The molecule has 0 aromatic rings. The molecule has 0 aromatic carbocycles. The lowest BCUT2D eigenvalue weighted by Crippen LogP contribution is -2.44. The van der Waals surface area contributed by atoms with Gasteiger partial charge in [-0.2, -0.15) is 0 Å². The molecule has 1 fully saturated rings. The van der Waals surface area contributed by atoms with Gasteiger partial charge in [0.15, 0.2) is 0 Å². The average Bonchev–Trinajstić information content (AvgIpc) is 2.00. The minimum Gasteiger partial charge on any atom is -0.481 e. The molecular weight excluding hydrogens is 166 g/mol. The summed E-state index contributed by atoms with van der Waals surface area (Å²) in [4.78, 5) is 10.5. The molecule has 0 radical (unpaired) electrons. The summed E-state index contributed by atoms with van der Waals surface area (Å²) in [6.07, 6.45) is 5.36. The zero-order valence-corrected chi connectivity index (χ0v) is 8.25. The van der Waals surface area contributed by atoms with Crippen LogP contribution in [0.4, 0.5) is 0 Å². The van der Waals surface area contributed by atoms with Gasteiger partial charge in [0, 0.05) is 6.04 Å². The van der Waals surface area contributed by atoms with E-state index in [2.05, 4.69) is 12.2 Å². The summed E-state index contributed by atoms with van der Waals surface area (Å²) < 4.78 is 0. The van der Waals surface area contributed by atoms with E-state index in [4.69, 9.17) is 5.11 Å². The summed E-state index contributed by atoms with van der Waals surface area (Å²) in [5.41, 5.74) is 0. The van der Waals surface area contributed by atoms with Crippen LogP contribution in [0.5, 0.6) is 0 Å². The molecular formula is C10H19NO2. The third-order valence-electron chi connectivity index (χ3n) is 2.70. The van der Waals surface area contributed by atoms with Gasteiger partial charge < -0.3 is 10.4 Å².